The van der Waals surface area contributed by atoms with Crippen LogP contribution >= 0.6 is 15.9 Å². The van der Waals surface area contributed by atoms with Crippen LogP contribution in [0, 0.1) is 0 Å². The first-order valence-electron chi connectivity index (χ1n) is 5.61. The number of nitrogens with zero attached hydrogens (tertiary/aromatic N) is 1. The maximum atomic E-state index is 3.57. The lowest BCUT2D eigenvalue weighted by Gasteiger charge is -2.20. The Morgan fingerprint density at radius 2 is 1.73 bits per heavy atom. The number of hydrogen-bond donors (Lipinski definition) is 0. The highest BCUT2D eigenvalue weighted by Crippen LogP contribution is 2.05. The second kappa shape index (κ2) is 7.07. The quantitative estimate of drug-likeness (QED) is 0.716. The van der Waals surface area contributed by atoms with Gasteiger partial charge in [0.1, 0.15) is 0 Å². The molecule has 0 aromatic heterocycles. The zero-order valence-corrected chi connectivity index (χ0v) is 11.1. The van der Waals surface area contributed by atoms with Crippen molar-refractivity contribution in [1.29, 1.82) is 0 Å². The Hall–Kier alpha value is -0.275. The molecule has 0 atom stereocenters. The van der Waals surface area contributed by atoms with Crippen molar-refractivity contribution >= 4 is 28.8 Å². The van der Waals surface area contributed by atoms with Gasteiger partial charge in [-0.05, 0) is 32.0 Å². The first-order chi connectivity index (χ1) is 7.27. The molecular formula is C12H18BBrN. The van der Waals surface area contributed by atoms with Crippen molar-refractivity contribution in [1.82, 2.24) is 4.81 Å². The summed E-state index contributed by atoms with van der Waals surface area (Å²) in [6, 6.07) is 8.35. The zero-order chi connectivity index (χ0) is 11.1. The molecule has 0 fully saturated rings. The van der Waals surface area contributed by atoms with Gasteiger partial charge in [0.25, 0.3) is 0 Å². The molecule has 0 aliphatic rings. The van der Waals surface area contributed by atoms with Crippen LogP contribution in [0.1, 0.15) is 26.7 Å². The van der Waals surface area contributed by atoms with E-state index in [1.165, 1.54) is 22.8 Å². The van der Waals surface area contributed by atoms with Crippen LogP contribution in [0.4, 0.5) is 0 Å². The van der Waals surface area contributed by atoms with Crippen LogP contribution in [0.15, 0.2) is 28.7 Å². The Morgan fingerprint density at radius 3 is 2.27 bits per heavy atom. The van der Waals surface area contributed by atoms with Crippen molar-refractivity contribution in [3.63, 3.8) is 0 Å². The first-order valence-corrected chi connectivity index (χ1v) is 6.40. The van der Waals surface area contributed by atoms with Crippen molar-refractivity contribution in [2.24, 2.45) is 0 Å². The maximum absolute atomic E-state index is 3.57. The number of hydrogen-bond acceptors (Lipinski definition) is 1. The Labute approximate surface area is 102 Å². The lowest BCUT2D eigenvalue weighted by Crippen LogP contribution is -2.37. The Kier molecular flexibility index (Phi) is 6.03. The molecule has 1 aromatic rings. The normalized spacial score (nSPS) is 10.7. The summed E-state index contributed by atoms with van der Waals surface area (Å²) >= 11 is 3.57. The number of benzene rings is 1. The number of halogens is 1. The predicted octanol–water partition coefficient (Wildman–Crippen LogP) is 2.82. The van der Waals surface area contributed by atoms with Crippen LogP contribution in [0.25, 0.3) is 0 Å². The molecule has 0 bridgehead atoms. The van der Waals surface area contributed by atoms with E-state index in [0.717, 1.165) is 13.1 Å². The smallest absolute Gasteiger partial charge is 0.249 e. The fourth-order valence-electron chi connectivity index (χ4n) is 1.59. The van der Waals surface area contributed by atoms with Gasteiger partial charge < -0.3 is 4.81 Å². The van der Waals surface area contributed by atoms with E-state index in [1.54, 1.807) is 0 Å². The molecule has 0 heterocycles. The van der Waals surface area contributed by atoms with E-state index in [0.29, 0.717) is 0 Å². The molecule has 15 heavy (non-hydrogen) atoms. The van der Waals surface area contributed by atoms with E-state index in [-0.39, 0.29) is 0 Å². The summed E-state index contributed by atoms with van der Waals surface area (Å²) < 4.78 is 1.17. The summed E-state index contributed by atoms with van der Waals surface area (Å²) in [7, 11) is 2.25. The molecule has 1 aromatic carbocycles. The number of rotatable bonds is 6. The summed E-state index contributed by atoms with van der Waals surface area (Å²) in [4.78, 5) is 2.39. The third kappa shape index (κ3) is 4.39. The molecule has 0 aliphatic heterocycles. The van der Waals surface area contributed by atoms with Crippen molar-refractivity contribution in [3.8, 4) is 0 Å². The molecule has 0 N–H and O–H groups in total. The molecule has 0 spiro atoms. The first kappa shape index (κ1) is 12.8. The van der Waals surface area contributed by atoms with Gasteiger partial charge in [-0.3, -0.25) is 0 Å². The van der Waals surface area contributed by atoms with E-state index in [1.807, 2.05) is 6.07 Å². The van der Waals surface area contributed by atoms with Crippen LogP contribution in [0.3, 0.4) is 0 Å². The fourth-order valence-corrected chi connectivity index (χ4v) is 1.98. The molecule has 1 nitrogen and oxygen atoms in total. The van der Waals surface area contributed by atoms with E-state index >= 15 is 0 Å². The largest absolute Gasteiger partial charge is 0.342 e. The van der Waals surface area contributed by atoms with Gasteiger partial charge in [-0.25, -0.2) is 0 Å². The van der Waals surface area contributed by atoms with Crippen molar-refractivity contribution in [2.45, 2.75) is 26.7 Å². The van der Waals surface area contributed by atoms with Crippen LogP contribution in [0.2, 0.25) is 0 Å². The molecular weight excluding hydrogens is 249 g/mol. The highest BCUT2D eigenvalue weighted by molar-refractivity contribution is 9.10. The SMILES string of the molecule is CCCN([B]c1ccccc1Br)CCC. The third-order valence-corrected chi connectivity index (χ3v) is 2.97. The molecule has 1 radical (unpaired) electrons. The van der Waals surface area contributed by atoms with Gasteiger partial charge in [-0.2, -0.15) is 0 Å². The molecule has 0 aliphatic carbocycles. The topological polar surface area (TPSA) is 3.24 Å². The van der Waals surface area contributed by atoms with E-state index in [4.69, 9.17) is 0 Å². The minimum absolute atomic E-state index is 1.13. The molecule has 0 saturated heterocycles. The second-order valence-electron chi connectivity index (χ2n) is 3.69. The van der Waals surface area contributed by atoms with Gasteiger partial charge in [0, 0.05) is 4.47 Å². The second-order valence-corrected chi connectivity index (χ2v) is 4.54. The highest BCUT2D eigenvalue weighted by atomic mass is 79.9. The van der Waals surface area contributed by atoms with Gasteiger partial charge in [0.05, 0.1) is 0 Å². The molecule has 0 amide bonds. The summed E-state index contributed by atoms with van der Waals surface area (Å²) in [5, 5.41) is 0. The van der Waals surface area contributed by atoms with Gasteiger partial charge in [0.15, 0.2) is 0 Å². The van der Waals surface area contributed by atoms with Crippen molar-refractivity contribution < 1.29 is 0 Å². The van der Waals surface area contributed by atoms with E-state index in [2.05, 4.69) is 60.2 Å². The minimum atomic E-state index is 1.13. The molecule has 0 unspecified atom stereocenters. The zero-order valence-electron chi connectivity index (χ0n) is 9.54. The van der Waals surface area contributed by atoms with Crippen LogP contribution < -0.4 is 5.46 Å². The van der Waals surface area contributed by atoms with Gasteiger partial charge in [-0.15, -0.1) is 0 Å². The lowest BCUT2D eigenvalue weighted by molar-refractivity contribution is 0.444. The average molecular weight is 267 g/mol. The monoisotopic (exact) mass is 266 g/mol. The highest BCUT2D eigenvalue weighted by Gasteiger charge is 2.08. The summed E-state index contributed by atoms with van der Waals surface area (Å²) in [5.74, 6) is 0. The Morgan fingerprint density at radius 1 is 1.13 bits per heavy atom. The van der Waals surface area contributed by atoms with Crippen molar-refractivity contribution in [2.75, 3.05) is 13.1 Å². The molecule has 81 valence electrons. The van der Waals surface area contributed by atoms with Crippen LogP contribution in [-0.2, 0) is 0 Å². The van der Waals surface area contributed by atoms with Gasteiger partial charge >= 0.3 is 0 Å². The lowest BCUT2D eigenvalue weighted by atomic mass is 9.80. The Bertz CT molecular complexity index is 285. The van der Waals surface area contributed by atoms with Crippen molar-refractivity contribution in [3.05, 3.63) is 28.7 Å². The molecule has 1 rings (SSSR count). The Balaban J connectivity index is 2.60. The minimum Gasteiger partial charge on any atom is -0.342 e. The van der Waals surface area contributed by atoms with E-state index < -0.39 is 0 Å². The van der Waals surface area contributed by atoms with E-state index in [9.17, 15) is 0 Å². The summed E-state index contributed by atoms with van der Waals surface area (Å²) in [5.41, 5.74) is 1.26. The predicted molar refractivity (Wildman–Crippen MR) is 71.7 cm³/mol. The average Bonchev–Trinajstić information content (AvgIpc) is 2.22. The fraction of sp³-hybridized carbons (Fsp3) is 0.500. The third-order valence-electron chi connectivity index (χ3n) is 2.25. The van der Waals surface area contributed by atoms with Gasteiger partial charge in [-0.1, -0.05) is 53.4 Å². The standard InChI is InChI=1S/C12H18BBrN/c1-3-9-15(10-4-2)13-11-7-5-6-8-12(11)14/h5-8H,3-4,9-10H2,1-2H3. The molecule has 3 heteroatoms. The summed E-state index contributed by atoms with van der Waals surface area (Å²) in [6.07, 6.45) is 2.39. The molecule has 0 saturated carbocycles. The summed E-state index contributed by atoms with van der Waals surface area (Å²) in [6.45, 7) is 6.71. The van der Waals surface area contributed by atoms with Gasteiger partial charge in [0.2, 0.25) is 7.41 Å². The van der Waals surface area contributed by atoms with Crippen LogP contribution in [0.5, 0.6) is 0 Å². The van der Waals surface area contributed by atoms with Crippen LogP contribution in [-0.4, -0.2) is 25.3 Å². The maximum Gasteiger partial charge on any atom is 0.249 e.